The summed E-state index contributed by atoms with van der Waals surface area (Å²) in [5.41, 5.74) is 3.03. The molecule has 4 rings (SSSR count). The second-order valence-corrected chi connectivity index (χ2v) is 9.34. The summed E-state index contributed by atoms with van der Waals surface area (Å²) in [4.78, 5) is 17.2. The standard InChI is InChI=1S/C30H35FN2O2/c1-24-9-15-28(16-10-24)35-30(26-6-3-2-4-7-26)17-19-33-22-20-32(21-23-33)18-5-8-29(34)25-11-13-27(31)14-12-25/h2-4,6-7,9-16,30H,5,8,17-23H2,1H3. The molecule has 0 spiro atoms. The minimum Gasteiger partial charge on any atom is -0.486 e. The molecule has 3 aromatic rings. The van der Waals surface area contributed by atoms with E-state index in [-0.39, 0.29) is 17.7 Å². The van der Waals surface area contributed by atoms with Crippen LogP contribution in [0.3, 0.4) is 0 Å². The molecular weight excluding hydrogens is 439 g/mol. The molecule has 0 aromatic heterocycles. The lowest BCUT2D eigenvalue weighted by Crippen LogP contribution is -2.47. The van der Waals surface area contributed by atoms with Gasteiger partial charge >= 0.3 is 0 Å². The summed E-state index contributed by atoms with van der Waals surface area (Å²) in [7, 11) is 0. The third-order valence-electron chi connectivity index (χ3n) is 6.69. The molecular formula is C30H35FN2O2. The third-order valence-corrected chi connectivity index (χ3v) is 6.69. The topological polar surface area (TPSA) is 32.8 Å². The number of benzene rings is 3. The van der Waals surface area contributed by atoms with E-state index in [0.717, 1.165) is 57.9 Å². The van der Waals surface area contributed by atoms with Gasteiger partial charge in [-0.3, -0.25) is 4.79 Å². The highest BCUT2D eigenvalue weighted by molar-refractivity contribution is 5.95. The Balaban J connectivity index is 1.21. The van der Waals surface area contributed by atoms with E-state index in [1.165, 1.54) is 23.3 Å². The Hall–Kier alpha value is -3.02. The van der Waals surface area contributed by atoms with Crippen molar-refractivity contribution < 1.29 is 13.9 Å². The maximum atomic E-state index is 13.0. The number of aryl methyl sites for hydroxylation is 1. The van der Waals surface area contributed by atoms with Gasteiger partial charge in [0, 0.05) is 51.1 Å². The molecule has 0 saturated carbocycles. The molecule has 1 aliphatic rings. The first-order valence-corrected chi connectivity index (χ1v) is 12.6. The first-order valence-electron chi connectivity index (χ1n) is 12.6. The molecule has 1 fully saturated rings. The number of ether oxygens (including phenoxy) is 1. The van der Waals surface area contributed by atoms with Crippen LogP contribution in [0.2, 0.25) is 0 Å². The predicted molar refractivity (Wildman–Crippen MR) is 138 cm³/mol. The number of halogens is 1. The van der Waals surface area contributed by atoms with Crippen molar-refractivity contribution in [2.24, 2.45) is 0 Å². The van der Waals surface area contributed by atoms with Crippen LogP contribution < -0.4 is 4.74 Å². The van der Waals surface area contributed by atoms with E-state index >= 15 is 0 Å². The van der Waals surface area contributed by atoms with Crippen molar-refractivity contribution >= 4 is 5.78 Å². The summed E-state index contributed by atoms with van der Waals surface area (Å²) in [5, 5.41) is 0. The Morgan fingerprint density at radius 3 is 2.14 bits per heavy atom. The van der Waals surface area contributed by atoms with E-state index in [1.54, 1.807) is 12.1 Å². The van der Waals surface area contributed by atoms with Gasteiger partial charge in [0.25, 0.3) is 0 Å². The van der Waals surface area contributed by atoms with Crippen LogP contribution in [0.15, 0.2) is 78.9 Å². The Kier molecular flexibility index (Phi) is 9.04. The Bertz CT molecular complexity index is 1050. The molecule has 0 radical (unpaired) electrons. The lowest BCUT2D eigenvalue weighted by molar-refractivity contribution is 0.0950. The van der Waals surface area contributed by atoms with Gasteiger partial charge in [0.2, 0.25) is 0 Å². The highest BCUT2D eigenvalue weighted by atomic mass is 19.1. The van der Waals surface area contributed by atoms with Crippen molar-refractivity contribution in [3.05, 3.63) is 101 Å². The SMILES string of the molecule is Cc1ccc(OC(CCN2CCN(CCCC(=O)c3ccc(F)cc3)CC2)c2ccccc2)cc1. The van der Waals surface area contributed by atoms with Gasteiger partial charge in [-0.15, -0.1) is 0 Å². The van der Waals surface area contributed by atoms with E-state index < -0.39 is 0 Å². The van der Waals surface area contributed by atoms with Crippen molar-refractivity contribution in [2.75, 3.05) is 39.3 Å². The lowest BCUT2D eigenvalue weighted by Gasteiger charge is -2.35. The number of piperazine rings is 1. The van der Waals surface area contributed by atoms with Crippen LogP contribution in [0, 0.1) is 12.7 Å². The number of rotatable bonds is 11. The van der Waals surface area contributed by atoms with Gasteiger partial charge in [-0.25, -0.2) is 4.39 Å². The van der Waals surface area contributed by atoms with Crippen molar-refractivity contribution in [1.29, 1.82) is 0 Å². The molecule has 0 aliphatic carbocycles. The van der Waals surface area contributed by atoms with Gasteiger partial charge in [0.1, 0.15) is 17.7 Å². The second-order valence-electron chi connectivity index (χ2n) is 9.34. The van der Waals surface area contributed by atoms with Crippen LogP contribution in [0.4, 0.5) is 4.39 Å². The largest absolute Gasteiger partial charge is 0.486 e. The molecule has 35 heavy (non-hydrogen) atoms. The molecule has 1 saturated heterocycles. The highest BCUT2D eigenvalue weighted by Crippen LogP contribution is 2.25. The lowest BCUT2D eigenvalue weighted by atomic mass is 10.1. The van der Waals surface area contributed by atoms with Crippen LogP contribution in [0.25, 0.3) is 0 Å². The van der Waals surface area contributed by atoms with E-state index in [4.69, 9.17) is 4.74 Å². The molecule has 0 amide bonds. The average Bonchev–Trinajstić information content (AvgIpc) is 2.89. The van der Waals surface area contributed by atoms with Gasteiger partial charge in [-0.05, 0) is 61.9 Å². The van der Waals surface area contributed by atoms with Crippen LogP contribution in [-0.4, -0.2) is 54.9 Å². The molecule has 1 atom stereocenters. The van der Waals surface area contributed by atoms with Crippen molar-refractivity contribution in [3.8, 4) is 5.75 Å². The number of carbonyl (C=O) groups is 1. The van der Waals surface area contributed by atoms with Gasteiger partial charge < -0.3 is 14.5 Å². The van der Waals surface area contributed by atoms with E-state index in [9.17, 15) is 9.18 Å². The Morgan fingerprint density at radius 1 is 0.857 bits per heavy atom. The highest BCUT2D eigenvalue weighted by Gasteiger charge is 2.20. The van der Waals surface area contributed by atoms with Crippen LogP contribution in [-0.2, 0) is 0 Å². The molecule has 0 N–H and O–H groups in total. The molecule has 4 nitrogen and oxygen atoms in total. The van der Waals surface area contributed by atoms with E-state index in [2.05, 4.69) is 53.1 Å². The number of carbonyl (C=O) groups excluding carboxylic acids is 1. The molecule has 1 unspecified atom stereocenters. The number of hydrogen-bond donors (Lipinski definition) is 0. The fourth-order valence-electron chi connectivity index (χ4n) is 4.52. The normalized spacial score (nSPS) is 15.6. The smallest absolute Gasteiger partial charge is 0.162 e. The first-order chi connectivity index (χ1) is 17.1. The molecule has 184 valence electrons. The van der Waals surface area contributed by atoms with E-state index in [1.807, 2.05) is 18.2 Å². The van der Waals surface area contributed by atoms with Crippen LogP contribution in [0.5, 0.6) is 5.75 Å². The van der Waals surface area contributed by atoms with Crippen molar-refractivity contribution in [1.82, 2.24) is 9.80 Å². The quantitative estimate of drug-likeness (QED) is 0.323. The van der Waals surface area contributed by atoms with Gasteiger partial charge in [-0.2, -0.15) is 0 Å². The minimum absolute atomic E-state index is 0.0226. The predicted octanol–water partition coefficient (Wildman–Crippen LogP) is 5.93. The molecule has 3 aromatic carbocycles. The first kappa shape index (κ1) is 25.1. The monoisotopic (exact) mass is 474 g/mol. The average molecular weight is 475 g/mol. The summed E-state index contributed by atoms with van der Waals surface area (Å²) in [5.74, 6) is 0.685. The summed E-state index contributed by atoms with van der Waals surface area (Å²) in [6, 6.07) is 24.6. The van der Waals surface area contributed by atoms with Crippen LogP contribution in [0.1, 0.15) is 46.9 Å². The number of ketones is 1. The van der Waals surface area contributed by atoms with E-state index in [0.29, 0.717) is 12.0 Å². The van der Waals surface area contributed by atoms with Gasteiger partial charge in [0.15, 0.2) is 5.78 Å². The third kappa shape index (κ3) is 7.74. The summed E-state index contributed by atoms with van der Waals surface area (Å²) in [6.07, 6.45) is 2.29. The zero-order valence-corrected chi connectivity index (χ0v) is 20.5. The summed E-state index contributed by atoms with van der Waals surface area (Å²) < 4.78 is 19.4. The fourth-order valence-corrected chi connectivity index (χ4v) is 4.52. The maximum absolute atomic E-state index is 13.0. The second kappa shape index (κ2) is 12.6. The van der Waals surface area contributed by atoms with Gasteiger partial charge in [0.05, 0.1) is 0 Å². The van der Waals surface area contributed by atoms with Crippen molar-refractivity contribution in [2.45, 2.75) is 32.3 Å². The summed E-state index contributed by atoms with van der Waals surface area (Å²) >= 11 is 0. The molecule has 5 heteroatoms. The Labute approximate surface area is 208 Å². The van der Waals surface area contributed by atoms with Gasteiger partial charge in [-0.1, -0.05) is 48.0 Å². The number of Topliss-reactive ketones (excluding diaryl/α,β-unsaturated/α-hetero) is 1. The molecule has 1 aliphatic heterocycles. The minimum atomic E-state index is -0.309. The van der Waals surface area contributed by atoms with Crippen LogP contribution >= 0.6 is 0 Å². The number of nitrogens with zero attached hydrogens (tertiary/aromatic N) is 2. The van der Waals surface area contributed by atoms with Crippen molar-refractivity contribution in [3.63, 3.8) is 0 Å². The Morgan fingerprint density at radius 2 is 1.49 bits per heavy atom. The fraction of sp³-hybridized carbons (Fsp3) is 0.367. The molecule has 1 heterocycles. The zero-order valence-electron chi connectivity index (χ0n) is 20.5. The maximum Gasteiger partial charge on any atom is 0.162 e. The number of hydrogen-bond acceptors (Lipinski definition) is 4. The summed E-state index contributed by atoms with van der Waals surface area (Å²) in [6.45, 7) is 8.07. The zero-order chi connectivity index (χ0) is 24.5. The molecule has 0 bridgehead atoms.